The third-order valence-electron chi connectivity index (χ3n) is 3.44. The molecular weight excluding hydrogens is 274 g/mol. The van der Waals surface area contributed by atoms with Crippen molar-refractivity contribution in [2.75, 3.05) is 11.9 Å². The lowest BCUT2D eigenvalue weighted by atomic mass is 10.2. The molecule has 0 atom stereocenters. The van der Waals surface area contributed by atoms with Crippen molar-refractivity contribution < 1.29 is 4.52 Å². The summed E-state index contributed by atoms with van der Waals surface area (Å²) in [7, 11) is 3.96. The fourth-order valence-electron chi connectivity index (χ4n) is 2.27. The van der Waals surface area contributed by atoms with E-state index in [0.717, 1.165) is 44.7 Å². The highest BCUT2D eigenvalue weighted by molar-refractivity contribution is 7.22. The first-order valence-electron chi connectivity index (χ1n) is 6.40. The monoisotopic (exact) mass is 291 g/mol. The largest absolute Gasteiger partial charge is 0.361 e. The third kappa shape index (κ3) is 1.98. The van der Waals surface area contributed by atoms with Crippen LogP contribution in [0.1, 0.15) is 22.7 Å². The Morgan fingerprint density at radius 3 is 2.60 bits per heavy atom. The van der Waals surface area contributed by atoms with Gasteiger partial charge in [0.2, 0.25) is 0 Å². The third-order valence-corrected chi connectivity index (χ3v) is 4.70. The number of fused-ring (bicyclic) bond motifs is 1. The summed E-state index contributed by atoms with van der Waals surface area (Å²) in [6, 6.07) is 0. The summed E-state index contributed by atoms with van der Waals surface area (Å²) in [6.07, 6.45) is 0. The Bertz CT molecular complexity index is 715. The highest BCUT2D eigenvalue weighted by Crippen LogP contribution is 2.31. The second-order valence-corrected chi connectivity index (χ2v) is 5.99. The van der Waals surface area contributed by atoms with Crippen LogP contribution in [0.2, 0.25) is 0 Å². The SMILES string of the molecule is Cc1noc(C)c1CN(C)c1nc2c(s1)c(C)nn2C. The lowest BCUT2D eigenvalue weighted by Gasteiger charge is -2.15. The van der Waals surface area contributed by atoms with E-state index in [0.29, 0.717) is 0 Å². The normalized spacial score (nSPS) is 11.4. The van der Waals surface area contributed by atoms with Crippen LogP contribution in [0, 0.1) is 20.8 Å². The minimum Gasteiger partial charge on any atom is -0.361 e. The molecule has 0 aliphatic carbocycles. The molecule has 0 aliphatic heterocycles. The first kappa shape index (κ1) is 13.1. The topological polar surface area (TPSA) is 60.0 Å². The van der Waals surface area contributed by atoms with Crippen molar-refractivity contribution in [2.45, 2.75) is 27.3 Å². The Labute approximate surface area is 121 Å². The molecule has 0 N–H and O–H groups in total. The average molecular weight is 291 g/mol. The van der Waals surface area contributed by atoms with Crippen molar-refractivity contribution in [2.24, 2.45) is 7.05 Å². The predicted molar refractivity (Wildman–Crippen MR) is 79.2 cm³/mol. The van der Waals surface area contributed by atoms with Crippen LogP contribution in [0.5, 0.6) is 0 Å². The van der Waals surface area contributed by atoms with E-state index >= 15 is 0 Å². The van der Waals surface area contributed by atoms with Crippen LogP contribution < -0.4 is 4.90 Å². The van der Waals surface area contributed by atoms with E-state index in [-0.39, 0.29) is 0 Å². The molecular formula is C13H17N5OS. The summed E-state index contributed by atoms with van der Waals surface area (Å²) < 4.78 is 8.18. The van der Waals surface area contributed by atoms with E-state index < -0.39 is 0 Å². The fraction of sp³-hybridized carbons (Fsp3) is 0.462. The molecule has 0 radical (unpaired) electrons. The summed E-state index contributed by atoms with van der Waals surface area (Å²) in [5.41, 5.74) is 4.03. The van der Waals surface area contributed by atoms with Gasteiger partial charge in [0.15, 0.2) is 10.8 Å². The van der Waals surface area contributed by atoms with Crippen molar-refractivity contribution in [3.63, 3.8) is 0 Å². The van der Waals surface area contributed by atoms with Crippen LogP contribution in [-0.4, -0.2) is 27.0 Å². The Balaban J connectivity index is 1.93. The number of hydrogen-bond acceptors (Lipinski definition) is 6. The summed E-state index contributed by atoms with van der Waals surface area (Å²) in [4.78, 5) is 6.79. The van der Waals surface area contributed by atoms with Gasteiger partial charge in [0, 0.05) is 19.7 Å². The number of hydrogen-bond donors (Lipinski definition) is 0. The summed E-state index contributed by atoms with van der Waals surface area (Å²) in [5, 5.41) is 9.35. The molecule has 0 amide bonds. The van der Waals surface area contributed by atoms with Gasteiger partial charge in [0.1, 0.15) is 5.76 Å². The smallest absolute Gasteiger partial charge is 0.188 e. The molecule has 0 saturated heterocycles. The van der Waals surface area contributed by atoms with E-state index in [1.165, 1.54) is 0 Å². The zero-order valence-corrected chi connectivity index (χ0v) is 13.1. The predicted octanol–water partition coefficient (Wildman–Crippen LogP) is 2.58. The Kier molecular flexibility index (Phi) is 3.01. The molecule has 20 heavy (non-hydrogen) atoms. The summed E-state index contributed by atoms with van der Waals surface area (Å²) in [6.45, 7) is 6.66. The molecule has 3 rings (SSSR count). The van der Waals surface area contributed by atoms with Crippen LogP contribution in [-0.2, 0) is 13.6 Å². The van der Waals surface area contributed by atoms with Gasteiger partial charge in [-0.05, 0) is 20.8 Å². The Morgan fingerprint density at radius 2 is 2.00 bits per heavy atom. The molecule has 0 aliphatic rings. The lowest BCUT2D eigenvalue weighted by Crippen LogP contribution is -2.17. The minimum absolute atomic E-state index is 0.744. The van der Waals surface area contributed by atoms with Gasteiger partial charge < -0.3 is 9.42 Å². The maximum atomic E-state index is 5.21. The highest BCUT2D eigenvalue weighted by atomic mass is 32.1. The minimum atomic E-state index is 0.744. The van der Waals surface area contributed by atoms with E-state index in [2.05, 4.69) is 20.1 Å². The van der Waals surface area contributed by atoms with Gasteiger partial charge in [-0.15, -0.1) is 0 Å². The Morgan fingerprint density at radius 1 is 1.25 bits per heavy atom. The van der Waals surface area contributed by atoms with Crippen LogP contribution in [0.4, 0.5) is 5.13 Å². The van der Waals surface area contributed by atoms with Gasteiger partial charge in [-0.3, -0.25) is 0 Å². The first-order valence-corrected chi connectivity index (χ1v) is 7.22. The highest BCUT2D eigenvalue weighted by Gasteiger charge is 2.17. The van der Waals surface area contributed by atoms with Gasteiger partial charge in [-0.2, -0.15) is 5.10 Å². The molecule has 7 heteroatoms. The summed E-state index contributed by atoms with van der Waals surface area (Å²) in [5.74, 6) is 0.869. The standard InChI is InChI=1S/C13H17N5OS/c1-7-10(9(3)19-16-7)6-17(4)13-14-12-11(20-13)8(2)15-18(12)5/h6H2,1-5H3. The maximum absolute atomic E-state index is 5.21. The molecule has 0 aromatic carbocycles. The molecule has 0 bridgehead atoms. The van der Waals surface area contributed by atoms with E-state index in [1.807, 2.05) is 39.5 Å². The first-order chi connectivity index (χ1) is 9.47. The number of rotatable bonds is 3. The van der Waals surface area contributed by atoms with Crippen molar-refractivity contribution >= 4 is 26.8 Å². The van der Waals surface area contributed by atoms with Gasteiger partial charge in [-0.1, -0.05) is 16.5 Å². The lowest BCUT2D eigenvalue weighted by molar-refractivity contribution is 0.392. The number of nitrogens with zero attached hydrogens (tertiary/aromatic N) is 5. The quantitative estimate of drug-likeness (QED) is 0.742. The maximum Gasteiger partial charge on any atom is 0.188 e. The van der Waals surface area contributed by atoms with Crippen LogP contribution >= 0.6 is 11.3 Å². The summed E-state index contributed by atoms with van der Waals surface area (Å²) >= 11 is 1.67. The van der Waals surface area contributed by atoms with E-state index in [4.69, 9.17) is 4.52 Å². The van der Waals surface area contributed by atoms with E-state index in [9.17, 15) is 0 Å². The number of aryl methyl sites for hydroxylation is 4. The van der Waals surface area contributed by atoms with Crippen molar-refractivity contribution in [1.82, 2.24) is 19.9 Å². The second-order valence-electron chi connectivity index (χ2n) is 5.02. The molecule has 6 nitrogen and oxygen atoms in total. The van der Waals surface area contributed by atoms with Gasteiger partial charge >= 0.3 is 0 Å². The Hall–Kier alpha value is -1.89. The number of aromatic nitrogens is 4. The second kappa shape index (κ2) is 4.59. The molecule has 3 heterocycles. The fourth-order valence-corrected chi connectivity index (χ4v) is 3.26. The molecule has 3 aromatic rings. The molecule has 0 unspecified atom stereocenters. The van der Waals surface area contributed by atoms with Gasteiger partial charge in [0.05, 0.1) is 22.6 Å². The molecule has 0 fully saturated rings. The van der Waals surface area contributed by atoms with Crippen LogP contribution in [0.25, 0.3) is 10.3 Å². The average Bonchev–Trinajstić information content (AvgIpc) is 3.03. The van der Waals surface area contributed by atoms with E-state index in [1.54, 1.807) is 11.3 Å². The zero-order chi connectivity index (χ0) is 14.4. The van der Waals surface area contributed by atoms with Crippen LogP contribution in [0.3, 0.4) is 0 Å². The molecule has 3 aromatic heterocycles. The van der Waals surface area contributed by atoms with Crippen molar-refractivity contribution in [1.29, 1.82) is 0 Å². The molecule has 106 valence electrons. The van der Waals surface area contributed by atoms with Gasteiger partial charge in [-0.25, -0.2) is 9.67 Å². The van der Waals surface area contributed by atoms with Crippen molar-refractivity contribution in [3.8, 4) is 0 Å². The number of anilines is 1. The number of thiazole rings is 1. The molecule has 0 saturated carbocycles. The van der Waals surface area contributed by atoms with Crippen molar-refractivity contribution in [3.05, 3.63) is 22.7 Å². The van der Waals surface area contributed by atoms with Gasteiger partial charge in [0.25, 0.3) is 0 Å². The zero-order valence-electron chi connectivity index (χ0n) is 12.3. The van der Waals surface area contributed by atoms with Crippen LogP contribution in [0.15, 0.2) is 4.52 Å². The molecule has 0 spiro atoms.